The number of nitrogens with zero attached hydrogens (tertiary/aromatic N) is 3. The Morgan fingerprint density at radius 3 is 2.38 bits per heavy atom. The maximum atomic E-state index is 14.4. The summed E-state index contributed by atoms with van der Waals surface area (Å²) in [5, 5.41) is 3.97. The van der Waals surface area contributed by atoms with Gasteiger partial charge in [0.25, 0.3) is 0 Å². The Morgan fingerprint density at radius 2 is 1.72 bits per heavy atom. The first-order chi connectivity index (χ1) is 22.0. The molecular weight excluding hydrogens is 620 g/mol. The van der Waals surface area contributed by atoms with E-state index in [0.29, 0.717) is 35.4 Å². The van der Waals surface area contributed by atoms with Gasteiger partial charge in [0, 0.05) is 52.8 Å². The van der Waals surface area contributed by atoms with Crippen LogP contribution in [0.25, 0.3) is 11.1 Å². The molecule has 5 nitrogen and oxygen atoms in total. The Hall–Kier alpha value is -4.28. The van der Waals surface area contributed by atoms with E-state index in [0.717, 1.165) is 24.3 Å². The number of benzene rings is 2. The first kappa shape index (κ1) is 32.7. The van der Waals surface area contributed by atoms with Crippen molar-refractivity contribution in [3.05, 3.63) is 106 Å². The van der Waals surface area contributed by atoms with E-state index in [1.165, 1.54) is 29.9 Å². The van der Waals surface area contributed by atoms with Crippen LogP contribution in [0.4, 0.5) is 26.3 Å². The van der Waals surface area contributed by atoms with Crippen molar-refractivity contribution in [3.8, 4) is 11.1 Å². The number of ketones is 2. The number of hydrogen-bond acceptors (Lipinski definition) is 4. The highest BCUT2D eigenvalue weighted by Crippen LogP contribution is 2.69. The van der Waals surface area contributed by atoms with Crippen LogP contribution in [0.5, 0.6) is 0 Å². The molecule has 2 heterocycles. The summed E-state index contributed by atoms with van der Waals surface area (Å²) in [6.07, 6.45) is -2.24. The Kier molecular flexibility index (Phi) is 7.96. The van der Waals surface area contributed by atoms with Crippen molar-refractivity contribution in [1.82, 2.24) is 14.8 Å². The monoisotopic (exact) mass is 653 g/mol. The number of Topliss-reactive ketones (excluding diaryl/α,β-unsaturated/α-hetero) is 2. The van der Waals surface area contributed by atoms with Crippen molar-refractivity contribution >= 4 is 11.6 Å². The first-order valence-electron chi connectivity index (χ1n) is 15.4. The van der Waals surface area contributed by atoms with Gasteiger partial charge in [0.05, 0.1) is 17.8 Å². The summed E-state index contributed by atoms with van der Waals surface area (Å²) in [5.41, 5.74) is -0.222. The van der Waals surface area contributed by atoms with Crippen molar-refractivity contribution in [3.63, 3.8) is 0 Å². The molecule has 0 amide bonds. The van der Waals surface area contributed by atoms with E-state index in [4.69, 9.17) is 0 Å². The lowest BCUT2D eigenvalue weighted by Gasteiger charge is -2.35. The van der Waals surface area contributed by atoms with Crippen molar-refractivity contribution in [1.29, 1.82) is 0 Å². The molecule has 0 radical (unpaired) electrons. The molecule has 6 rings (SSSR count). The molecule has 2 unspecified atom stereocenters. The smallest absolute Gasteiger partial charge is 0.298 e. The molecule has 11 heteroatoms. The van der Waals surface area contributed by atoms with Crippen LogP contribution in [-0.4, -0.2) is 26.3 Å². The van der Waals surface area contributed by atoms with E-state index in [1.807, 2.05) is 20.8 Å². The van der Waals surface area contributed by atoms with Gasteiger partial charge in [-0.25, -0.2) is 13.2 Å². The van der Waals surface area contributed by atoms with Crippen LogP contribution in [-0.2, 0) is 29.4 Å². The second-order valence-corrected chi connectivity index (χ2v) is 13.5. The molecule has 2 aliphatic carbocycles. The highest BCUT2D eigenvalue weighted by Gasteiger charge is 2.64. The molecule has 0 aliphatic heterocycles. The van der Waals surface area contributed by atoms with E-state index in [1.54, 1.807) is 12.1 Å². The van der Waals surface area contributed by atoms with E-state index >= 15 is 0 Å². The number of alkyl halides is 3. The van der Waals surface area contributed by atoms with E-state index < -0.39 is 64.2 Å². The second kappa shape index (κ2) is 11.5. The van der Waals surface area contributed by atoms with Crippen molar-refractivity contribution < 1.29 is 35.9 Å². The molecule has 47 heavy (non-hydrogen) atoms. The maximum Gasteiger partial charge on any atom is 0.435 e. The lowest BCUT2D eigenvalue weighted by atomic mass is 9.68. The molecule has 2 aromatic heterocycles. The van der Waals surface area contributed by atoms with E-state index in [2.05, 4.69) is 10.1 Å². The third-order valence-corrected chi connectivity index (χ3v) is 10.5. The maximum absolute atomic E-state index is 14.4. The number of fused-ring (bicyclic) bond motifs is 5. The third-order valence-electron chi connectivity index (χ3n) is 10.5. The number of halogens is 6. The number of carbonyl (C=O) groups is 2. The van der Waals surface area contributed by atoms with Gasteiger partial charge in [-0.1, -0.05) is 32.9 Å². The van der Waals surface area contributed by atoms with Crippen LogP contribution in [0.15, 0.2) is 54.7 Å². The minimum absolute atomic E-state index is 0.0378. The van der Waals surface area contributed by atoms with Crippen molar-refractivity contribution in [2.24, 2.45) is 5.41 Å². The highest BCUT2D eigenvalue weighted by atomic mass is 19.4. The van der Waals surface area contributed by atoms with Gasteiger partial charge in [0.15, 0.2) is 17.3 Å². The van der Waals surface area contributed by atoms with E-state index in [9.17, 15) is 35.9 Å². The van der Waals surface area contributed by atoms with Gasteiger partial charge in [0.2, 0.25) is 0 Å². The molecule has 246 valence electrons. The van der Waals surface area contributed by atoms with Crippen LogP contribution < -0.4 is 0 Å². The molecule has 1 fully saturated rings. The first-order valence-corrected chi connectivity index (χ1v) is 15.4. The lowest BCUT2D eigenvalue weighted by molar-refractivity contribution is -0.143. The molecule has 0 N–H and O–H groups in total. The largest absolute Gasteiger partial charge is 0.435 e. The Labute approximate surface area is 268 Å². The predicted molar refractivity (Wildman–Crippen MR) is 162 cm³/mol. The number of pyridine rings is 1. The third kappa shape index (κ3) is 5.57. The predicted octanol–water partition coefficient (Wildman–Crippen LogP) is 8.74. The summed E-state index contributed by atoms with van der Waals surface area (Å²) in [7, 11) is 0. The van der Waals surface area contributed by atoms with Crippen LogP contribution in [0, 0.1) is 22.9 Å². The normalized spacial score (nSPS) is 20.3. The fraction of sp³-hybridized carbons (Fsp3) is 0.389. The standard InChI is InChI=1S/C36H33F6N3O2/c1-19(46)27-16-21(7-8-29(27)39)26-6-5-11-43-31(26)22(12-20-13-23(37)17-24(38)14-20)15-25(47)18-45-32-28-9-10-35(4,34(28,2)3)30(32)33(44-45)36(40,41)42/h5-8,11,13-14,16-17,22,28H,9-10,12,15,18H2,1-4H3/t22-,28?,35?/m1/s1. The summed E-state index contributed by atoms with van der Waals surface area (Å²) >= 11 is 0. The summed E-state index contributed by atoms with van der Waals surface area (Å²) in [5.74, 6) is -4.26. The number of rotatable bonds is 9. The van der Waals surface area contributed by atoms with Crippen LogP contribution >= 0.6 is 0 Å². The molecule has 0 spiro atoms. The summed E-state index contributed by atoms with van der Waals surface area (Å²) in [6, 6.07) is 10.3. The van der Waals surface area contributed by atoms with Crippen LogP contribution in [0.1, 0.15) is 97.4 Å². The molecule has 4 aromatic rings. The van der Waals surface area contributed by atoms with Crippen LogP contribution in [0.3, 0.4) is 0 Å². The zero-order valence-corrected chi connectivity index (χ0v) is 26.3. The molecule has 2 aromatic carbocycles. The summed E-state index contributed by atoms with van der Waals surface area (Å²) in [4.78, 5) is 30.5. The number of carbonyl (C=O) groups excluding carboxylic acids is 2. The molecule has 1 saturated carbocycles. The summed E-state index contributed by atoms with van der Waals surface area (Å²) in [6.45, 7) is 6.56. The molecule has 2 aliphatic rings. The SMILES string of the molecule is CC(=O)c1cc(-c2cccnc2[C@@H](CC(=O)Cn2nc(C(F)(F)F)c3c2C2CCC3(C)C2(C)C)Cc2cc(F)cc(F)c2)ccc1F. The van der Waals surface area contributed by atoms with E-state index in [-0.39, 0.29) is 35.4 Å². The number of aromatic nitrogens is 3. The minimum Gasteiger partial charge on any atom is -0.298 e. The number of hydrogen-bond donors (Lipinski definition) is 0. The molecule has 2 bridgehead atoms. The van der Waals surface area contributed by atoms with Crippen molar-refractivity contribution in [2.45, 2.75) is 83.4 Å². The fourth-order valence-electron chi connectivity index (χ4n) is 7.85. The highest BCUT2D eigenvalue weighted by molar-refractivity contribution is 5.95. The van der Waals surface area contributed by atoms with Gasteiger partial charge >= 0.3 is 6.18 Å². The van der Waals surface area contributed by atoms with Gasteiger partial charge in [-0.2, -0.15) is 18.3 Å². The Morgan fingerprint density at radius 1 is 1.02 bits per heavy atom. The van der Waals surface area contributed by atoms with Gasteiger partial charge in [-0.15, -0.1) is 0 Å². The lowest BCUT2D eigenvalue weighted by Crippen LogP contribution is -2.33. The topological polar surface area (TPSA) is 64.8 Å². The molecule has 3 atom stereocenters. The average molecular weight is 654 g/mol. The van der Waals surface area contributed by atoms with Crippen LogP contribution in [0.2, 0.25) is 0 Å². The fourth-order valence-corrected chi connectivity index (χ4v) is 7.85. The zero-order valence-electron chi connectivity index (χ0n) is 26.3. The van der Waals surface area contributed by atoms with Crippen molar-refractivity contribution in [2.75, 3.05) is 0 Å². The van der Waals surface area contributed by atoms with Gasteiger partial charge < -0.3 is 0 Å². The van der Waals surface area contributed by atoms with Gasteiger partial charge in [-0.3, -0.25) is 19.3 Å². The molecular formula is C36H33F6N3O2. The zero-order chi connectivity index (χ0) is 34.1. The average Bonchev–Trinajstić information content (AvgIpc) is 3.52. The summed E-state index contributed by atoms with van der Waals surface area (Å²) < 4.78 is 87.0. The quantitative estimate of drug-likeness (QED) is 0.134. The Bertz CT molecular complexity index is 1890. The minimum atomic E-state index is -4.71. The van der Waals surface area contributed by atoms with Gasteiger partial charge in [-0.05, 0) is 73.1 Å². The van der Waals surface area contributed by atoms with Gasteiger partial charge in [0.1, 0.15) is 17.5 Å². The molecule has 0 saturated heterocycles. The Balaban J connectivity index is 1.40. The second-order valence-electron chi connectivity index (χ2n) is 13.5.